The molecule has 0 saturated carbocycles. The van der Waals surface area contributed by atoms with Crippen molar-refractivity contribution in [1.29, 1.82) is 0 Å². The first-order chi connectivity index (χ1) is 12.4. The second-order valence-corrected chi connectivity index (χ2v) is 6.63. The fourth-order valence-electron chi connectivity index (χ4n) is 2.47. The van der Waals surface area contributed by atoms with Crippen LogP contribution in [0.5, 0.6) is 0 Å². The monoisotopic (exact) mass is 387 g/mol. The Kier molecular flexibility index (Phi) is 5.77. The zero-order valence-electron chi connectivity index (χ0n) is 13.6. The highest BCUT2D eigenvalue weighted by Crippen LogP contribution is 2.29. The number of nitrogens with one attached hydrogen (secondary N) is 1. The molecule has 1 aliphatic rings. The van der Waals surface area contributed by atoms with E-state index in [0.29, 0.717) is 17.4 Å². The van der Waals surface area contributed by atoms with Crippen LogP contribution < -0.4 is 5.32 Å². The van der Waals surface area contributed by atoms with Crippen molar-refractivity contribution < 1.29 is 22.7 Å². The highest BCUT2D eigenvalue weighted by Gasteiger charge is 2.30. The molecular weight excluding hydrogens is 371 g/mol. The van der Waals surface area contributed by atoms with Crippen molar-refractivity contribution in [2.45, 2.75) is 36.8 Å². The highest BCUT2D eigenvalue weighted by molar-refractivity contribution is 7.99. The first-order valence-electron chi connectivity index (χ1n) is 7.89. The number of carbonyl (C=O) groups excluding carboxylic acids is 1. The summed E-state index contributed by atoms with van der Waals surface area (Å²) in [7, 11) is 0. The van der Waals surface area contributed by atoms with Crippen molar-refractivity contribution in [2.75, 3.05) is 17.7 Å². The van der Waals surface area contributed by atoms with Gasteiger partial charge >= 0.3 is 6.18 Å². The number of hydrogen-bond acceptors (Lipinski definition) is 6. The molecule has 1 atom stereocenters. The number of amides is 1. The number of nitrogens with zero attached hydrogens (tertiary/aromatic N) is 4. The van der Waals surface area contributed by atoms with Gasteiger partial charge in [0.2, 0.25) is 11.1 Å². The number of halogens is 3. The van der Waals surface area contributed by atoms with Crippen molar-refractivity contribution in [3.05, 3.63) is 29.8 Å². The minimum Gasteiger partial charge on any atom is -0.376 e. The Morgan fingerprint density at radius 1 is 1.35 bits per heavy atom. The lowest BCUT2D eigenvalue weighted by Gasteiger charge is -2.10. The lowest BCUT2D eigenvalue weighted by molar-refractivity contribution is -0.137. The quantitative estimate of drug-likeness (QED) is 0.768. The maximum Gasteiger partial charge on any atom is 0.416 e. The van der Waals surface area contributed by atoms with Crippen molar-refractivity contribution >= 4 is 23.4 Å². The standard InChI is InChI=1S/C15H16F3N5O2S/c16-15(17,18)10-3-5-11(6-4-10)19-13(24)9-26-14-20-21-22-23(14)8-12-2-1-7-25-12/h3-6,12H,1-2,7-9H2,(H,19,24)/t12-/m0/s1. The maximum atomic E-state index is 12.5. The zero-order chi connectivity index (χ0) is 18.6. The van der Waals surface area contributed by atoms with Gasteiger partial charge in [0.05, 0.1) is 24.0 Å². The van der Waals surface area contributed by atoms with Crippen LogP contribution in [-0.4, -0.2) is 44.6 Å². The molecule has 0 radical (unpaired) electrons. The summed E-state index contributed by atoms with van der Waals surface area (Å²) in [6.07, 6.45) is -2.39. The third kappa shape index (κ3) is 4.94. The van der Waals surface area contributed by atoms with Crippen molar-refractivity contribution in [1.82, 2.24) is 20.2 Å². The Bertz CT molecular complexity index is 744. The van der Waals surface area contributed by atoms with Gasteiger partial charge in [-0.1, -0.05) is 11.8 Å². The fraction of sp³-hybridized carbons (Fsp3) is 0.467. The molecule has 1 fully saturated rings. The normalized spacial score (nSPS) is 17.4. The molecule has 7 nitrogen and oxygen atoms in total. The number of ether oxygens (including phenoxy) is 1. The molecule has 1 amide bonds. The summed E-state index contributed by atoms with van der Waals surface area (Å²) in [5, 5.41) is 14.4. The van der Waals surface area contributed by atoms with E-state index in [1.807, 2.05) is 0 Å². The smallest absolute Gasteiger partial charge is 0.376 e. The van der Waals surface area contributed by atoms with Crippen LogP contribution in [0.25, 0.3) is 0 Å². The summed E-state index contributed by atoms with van der Waals surface area (Å²) in [6, 6.07) is 4.27. The minimum absolute atomic E-state index is 0.0346. The average Bonchev–Trinajstić information content (AvgIpc) is 3.25. The van der Waals surface area contributed by atoms with Crippen LogP contribution in [0.2, 0.25) is 0 Å². The van der Waals surface area contributed by atoms with Gasteiger partial charge in [-0.05, 0) is 47.5 Å². The van der Waals surface area contributed by atoms with E-state index in [4.69, 9.17) is 4.74 Å². The predicted octanol–water partition coefficient (Wildman–Crippen LogP) is 2.60. The SMILES string of the molecule is O=C(CSc1nnnn1C[C@@H]1CCCO1)Nc1ccc(C(F)(F)F)cc1. The Labute approximate surface area is 151 Å². The van der Waals surface area contributed by atoms with E-state index in [2.05, 4.69) is 20.8 Å². The average molecular weight is 387 g/mol. The fourth-order valence-corrected chi connectivity index (χ4v) is 3.15. The van der Waals surface area contributed by atoms with Gasteiger partial charge in [-0.15, -0.1) is 5.10 Å². The van der Waals surface area contributed by atoms with Gasteiger partial charge in [0, 0.05) is 12.3 Å². The topological polar surface area (TPSA) is 81.9 Å². The van der Waals surface area contributed by atoms with E-state index in [1.54, 1.807) is 4.68 Å². The van der Waals surface area contributed by atoms with Gasteiger partial charge in [-0.25, -0.2) is 4.68 Å². The molecule has 1 N–H and O–H groups in total. The molecule has 1 aliphatic heterocycles. The summed E-state index contributed by atoms with van der Waals surface area (Å²) in [6.45, 7) is 1.25. The second kappa shape index (κ2) is 8.04. The number of rotatable bonds is 6. The van der Waals surface area contributed by atoms with Crippen molar-refractivity contribution in [2.24, 2.45) is 0 Å². The van der Waals surface area contributed by atoms with Gasteiger partial charge in [-0.2, -0.15) is 13.2 Å². The van der Waals surface area contributed by atoms with Crippen molar-refractivity contribution in [3.63, 3.8) is 0 Å². The predicted molar refractivity (Wildman–Crippen MR) is 87.6 cm³/mol. The van der Waals surface area contributed by atoms with E-state index in [-0.39, 0.29) is 17.8 Å². The second-order valence-electron chi connectivity index (χ2n) is 5.69. The molecule has 2 heterocycles. The molecule has 0 bridgehead atoms. The first-order valence-corrected chi connectivity index (χ1v) is 8.88. The molecule has 1 aromatic carbocycles. The molecule has 11 heteroatoms. The summed E-state index contributed by atoms with van der Waals surface area (Å²) < 4.78 is 44.7. The number of aromatic nitrogens is 4. The van der Waals surface area contributed by atoms with E-state index < -0.39 is 11.7 Å². The van der Waals surface area contributed by atoms with E-state index in [1.165, 1.54) is 12.1 Å². The molecule has 1 aromatic heterocycles. The van der Waals surface area contributed by atoms with Crippen LogP contribution >= 0.6 is 11.8 Å². The molecule has 2 aromatic rings. The summed E-state index contributed by atoms with van der Waals surface area (Å²) in [5.41, 5.74) is -0.472. The largest absolute Gasteiger partial charge is 0.416 e. The molecular formula is C15H16F3N5O2S. The molecule has 0 unspecified atom stereocenters. The summed E-state index contributed by atoms with van der Waals surface area (Å²) >= 11 is 1.15. The number of alkyl halides is 3. The van der Waals surface area contributed by atoms with Gasteiger partial charge in [0.15, 0.2) is 0 Å². The van der Waals surface area contributed by atoms with Gasteiger partial charge in [0.1, 0.15) is 0 Å². The van der Waals surface area contributed by atoms with Crippen molar-refractivity contribution in [3.8, 4) is 0 Å². The molecule has 140 valence electrons. The van der Waals surface area contributed by atoms with Crippen LogP contribution in [0.4, 0.5) is 18.9 Å². The van der Waals surface area contributed by atoms with Crippen LogP contribution in [0, 0.1) is 0 Å². The number of anilines is 1. The molecule has 1 saturated heterocycles. The van der Waals surface area contributed by atoms with Gasteiger partial charge in [0.25, 0.3) is 0 Å². The third-order valence-electron chi connectivity index (χ3n) is 3.73. The molecule has 26 heavy (non-hydrogen) atoms. The van der Waals surface area contributed by atoms with Gasteiger partial charge < -0.3 is 10.1 Å². The number of thioether (sulfide) groups is 1. The molecule has 0 spiro atoms. The van der Waals surface area contributed by atoms with Crippen LogP contribution in [0.3, 0.4) is 0 Å². The lowest BCUT2D eigenvalue weighted by atomic mass is 10.2. The van der Waals surface area contributed by atoms with Gasteiger partial charge in [-0.3, -0.25) is 4.79 Å². The summed E-state index contributed by atoms with van der Waals surface area (Å²) in [4.78, 5) is 12.0. The maximum absolute atomic E-state index is 12.5. The first kappa shape index (κ1) is 18.6. The van der Waals surface area contributed by atoms with Crippen LogP contribution in [0.1, 0.15) is 18.4 Å². The number of benzene rings is 1. The van der Waals surface area contributed by atoms with Crippen LogP contribution in [0.15, 0.2) is 29.4 Å². The Morgan fingerprint density at radius 3 is 2.77 bits per heavy atom. The zero-order valence-corrected chi connectivity index (χ0v) is 14.4. The van der Waals surface area contributed by atoms with E-state index in [9.17, 15) is 18.0 Å². The Hall–Kier alpha value is -2.14. The highest BCUT2D eigenvalue weighted by atomic mass is 32.2. The number of hydrogen-bond donors (Lipinski definition) is 1. The number of tetrazole rings is 1. The van der Waals surface area contributed by atoms with Crippen LogP contribution in [-0.2, 0) is 22.3 Å². The lowest BCUT2D eigenvalue weighted by Crippen LogP contribution is -2.18. The third-order valence-corrected chi connectivity index (χ3v) is 4.69. The minimum atomic E-state index is -4.40. The molecule has 0 aliphatic carbocycles. The number of carbonyl (C=O) groups is 1. The Balaban J connectivity index is 1.50. The molecule has 3 rings (SSSR count). The van der Waals surface area contributed by atoms with E-state index >= 15 is 0 Å². The van der Waals surface area contributed by atoms with E-state index in [0.717, 1.165) is 43.3 Å². The Morgan fingerprint density at radius 2 is 2.12 bits per heavy atom. The summed E-state index contributed by atoms with van der Waals surface area (Å²) in [5.74, 6) is -0.325.